The first kappa shape index (κ1) is 21.7. The molecule has 172 valence electrons. The molecule has 4 aliphatic carbocycles. The lowest BCUT2D eigenvalue weighted by Crippen LogP contribution is -2.57. The smallest absolute Gasteiger partial charge is 0.306 e. The molecule has 3 nitrogen and oxygen atoms in total. The van der Waals surface area contributed by atoms with Gasteiger partial charge >= 0.3 is 5.97 Å². The number of ether oxygens (including phenoxy) is 1. The number of hydrogen-bond acceptors (Lipinski definition) is 3. The van der Waals surface area contributed by atoms with Gasteiger partial charge in [-0.05, 0) is 86.5 Å². The molecule has 0 radical (unpaired) electrons. The number of allylic oxidation sites excluding steroid dienone is 1. The number of rotatable bonds is 5. The molecule has 1 saturated heterocycles. The van der Waals surface area contributed by atoms with Crippen molar-refractivity contribution in [3.63, 3.8) is 0 Å². The van der Waals surface area contributed by atoms with E-state index in [-0.39, 0.29) is 22.4 Å². The molecule has 4 fully saturated rings. The summed E-state index contributed by atoms with van der Waals surface area (Å²) in [4.78, 5) is 24.5. The Balaban J connectivity index is 1.48. The minimum Gasteiger partial charge on any atom is -0.458 e. The molecule has 0 amide bonds. The molecule has 1 aliphatic heterocycles. The number of unbranched alkanes of at least 4 members (excludes halogenated alkanes) is 3. The van der Waals surface area contributed by atoms with Gasteiger partial charge in [0.05, 0.1) is 0 Å². The van der Waals surface area contributed by atoms with E-state index in [1.807, 2.05) is 0 Å². The van der Waals surface area contributed by atoms with Crippen molar-refractivity contribution in [2.24, 2.45) is 34.5 Å². The lowest BCUT2D eigenvalue weighted by atomic mass is 9.43. The van der Waals surface area contributed by atoms with Gasteiger partial charge in [-0.15, -0.1) is 0 Å². The van der Waals surface area contributed by atoms with Gasteiger partial charge in [0, 0.05) is 18.3 Å². The van der Waals surface area contributed by atoms with Crippen molar-refractivity contribution in [2.45, 2.75) is 116 Å². The largest absolute Gasteiger partial charge is 0.458 e. The molecule has 5 rings (SSSR count). The highest BCUT2D eigenvalue weighted by Gasteiger charge is 2.68. The maximum atomic E-state index is 12.3. The molecule has 0 aromatic carbocycles. The molecule has 1 heterocycles. The van der Waals surface area contributed by atoms with Crippen LogP contribution < -0.4 is 0 Å². The molecule has 0 aromatic heterocycles. The lowest BCUT2D eigenvalue weighted by molar-refractivity contribution is -0.171. The van der Waals surface area contributed by atoms with Crippen LogP contribution in [-0.4, -0.2) is 17.4 Å². The number of hydrogen-bond donors (Lipinski definition) is 0. The second-order valence-corrected chi connectivity index (χ2v) is 12.1. The third-order valence-corrected chi connectivity index (χ3v) is 10.9. The molecule has 0 unspecified atom stereocenters. The van der Waals surface area contributed by atoms with Gasteiger partial charge in [-0.25, -0.2) is 0 Å². The van der Waals surface area contributed by atoms with Crippen LogP contribution in [-0.2, 0) is 14.3 Å². The highest BCUT2D eigenvalue weighted by molar-refractivity contribution is 5.91. The van der Waals surface area contributed by atoms with Gasteiger partial charge in [-0.2, -0.15) is 0 Å². The molecule has 0 aromatic rings. The van der Waals surface area contributed by atoms with E-state index < -0.39 is 0 Å². The Hall–Kier alpha value is -1.12. The summed E-state index contributed by atoms with van der Waals surface area (Å²) in [5, 5.41) is 0. The summed E-state index contributed by atoms with van der Waals surface area (Å²) < 4.78 is 6.16. The normalized spacial score (nSPS) is 46.4. The van der Waals surface area contributed by atoms with Gasteiger partial charge in [0.2, 0.25) is 0 Å². The van der Waals surface area contributed by atoms with Crippen LogP contribution in [0.3, 0.4) is 0 Å². The Kier molecular flexibility index (Phi) is 5.42. The summed E-state index contributed by atoms with van der Waals surface area (Å²) in [6, 6.07) is 0. The predicted molar refractivity (Wildman–Crippen MR) is 122 cm³/mol. The molecule has 1 spiro atoms. The number of carbonyl (C=O) groups is 2. The topological polar surface area (TPSA) is 43.4 Å². The standard InChI is InChI=1S/C28H42O3/c1-4-5-6-7-8-19-17-20-18-21(29)9-13-26(20,2)22-10-14-27(3)23(25(19)22)11-15-28(27)16-12-24(30)31-28/h18-19,22-23,25H,4-17H2,1-3H3/t19-,22-,23-,25+,26-,27-,28+/m0/s1. The van der Waals surface area contributed by atoms with Gasteiger partial charge in [0.15, 0.2) is 5.78 Å². The van der Waals surface area contributed by atoms with Crippen LogP contribution in [0.15, 0.2) is 11.6 Å². The fraction of sp³-hybridized carbons (Fsp3) is 0.857. The van der Waals surface area contributed by atoms with E-state index in [1.165, 1.54) is 56.9 Å². The molecule has 31 heavy (non-hydrogen) atoms. The van der Waals surface area contributed by atoms with Crippen LogP contribution in [0.4, 0.5) is 0 Å². The van der Waals surface area contributed by atoms with E-state index in [2.05, 4.69) is 26.8 Å². The summed E-state index contributed by atoms with van der Waals surface area (Å²) in [5.41, 5.74) is 1.65. The maximum Gasteiger partial charge on any atom is 0.306 e. The monoisotopic (exact) mass is 426 g/mol. The summed E-state index contributed by atoms with van der Waals surface area (Å²) in [6.45, 7) is 7.25. The van der Waals surface area contributed by atoms with Gasteiger partial charge in [-0.1, -0.05) is 52.0 Å². The van der Waals surface area contributed by atoms with E-state index in [0.29, 0.717) is 30.0 Å². The first-order valence-electron chi connectivity index (χ1n) is 13.3. The van der Waals surface area contributed by atoms with Crippen molar-refractivity contribution in [3.8, 4) is 0 Å². The Morgan fingerprint density at radius 2 is 1.77 bits per heavy atom. The third-order valence-electron chi connectivity index (χ3n) is 10.9. The maximum absolute atomic E-state index is 12.3. The number of carbonyl (C=O) groups excluding carboxylic acids is 2. The molecule has 0 N–H and O–H groups in total. The van der Waals surface area contributed by atoms with Gasteiger partial charge in [-0.3, -0.25) is 9.59 Å². The van der Waals surface area contributed by atoms with Gasteiger partial charge in [0.25, 0.3) is 0 Å². The van der Waals surface area contributed by atoms with Crippen molar-refractivity contribution in [2.75, 3.05) is 0 Å². The molecular weight excluding hydrogens is 384 g/mol. The highest BCUT2D eigenvalue weighted by Crippen LogP contribution is 2.71. The van der Waals surface area contributed by atoms with Crippen LogP contribution in [0.5, 0.6) is 0 Å². The zero-order valence-corrected chi connectivity index (χ0v) is 20.0. The van der Waals surface area contributed by atoms with E-state index in [0.717, 1.165) is 38.0 Å². The predicted octanol–water partition coefficient (Wildman–Crippen LogP) is 6.79. The summed E-state index contributed by atoms with van der Waals surface area (Å²) >= 11 is 0. The average molecular weight is 427 g/mol. The molecule has 3 heteroatoms. The zero-order valence-electron chi connectivity index (χ0n) is 20.0. The molecular formula is C28H42O3. The van der Waals surface area contributed by atoms with Crippen LogP contribution >= 0.6 is 0 Å². The Morgan fingerprint density at radius 1 is 0.968 bits per heavy atom. The van der Waals surface area contributed by atoms with Crippen molar-refractivity contribution in [3.05, 3.63) is 11.6 Å². The zero-order chi connectivity index (χ0) is 21.9. The van der Waals surface area contributed by atoms with Crippen molar-refractivity contribution < 1.29 is 14.3 Å². The Morgan fingerprint density at radius 3 is 2.52 bits per heavy atom. The van der Waals surface area contributed by atoms with E-state index in [4.69, 9.17) is 4.74 Å². The average Bonchev–Trinajstić information content (AvgIpc) is 3.26. The molecule has 5 aliphatic rings. The fourth-order valence-electron chi connectivity index (χ4n) is 9.13. The Bertz CT molecular complexity index is 783. The number of fused-ring (bicyclic) bond motifs is 6. The summed E-state index contributed by atoms with van der Waals surface area (Å²) in [7, 11) is 0. The SMILES string of the molecule is CCCCCC[C@H]1CC2=CC(=O)CC[C@]2(C)[C@H]2CC[C@@]3(C)[C@@H](CC[C@@]34CCC(=O)O4)[C@H]12. The molecule has 0 bridgehead atoms. The third kappa shape index (κ3) is 3.19. The minimum absolute atomic E-state index is 0.0340. The van der Waals surface area contributed by atoms with Crippen LogP contribution in [0.25, 0.3) is 0 Å². The number of ketones is 1. The van der Waals surface area contributed by atoms with E-state index in [9.17, 15) is 9.59 Å². The van der Waals surface area contributed by atoms with Crippen LogP contribution in [0, 0.1) is 34.5 Å². The second-order valence-electron chi connectivity index (χ2n) is 12.1. The van der Waals surface area contributed by atoms with Crippen molar-refractivity contribution in [1.82, 2.24) is 0 Å². The first-order valence-corrected chi connectivity index (χ1v) is 13.3. The summed E-state index contributed by atoms with van der Waals surface area (Å²) in [6.07, 6.45) is 17.8. The van der Waals surface area contributed by atoms with E-state index in [1.54, 1.807) is 0 Å². The molecule has 7 atom stereocenters. The van der Waals surface area contributed by atoms with Crippen LogP contribution in [0.1, 0.15) is 111 Å². The van der Waals surface area contributed by atoms with Crippen molar-refractivity contribution >= 4 is 11.8 Å². The van der Waals surface area contributed by atoms with E-state index >= 15 is 0 Å². The fourth-order valence-corrected chi connectivity index (χ4v) is 9.13. The first-order chi connectivity index (χ1) is 14.8. The highest BCUT2D eigenvalue weighted by atomic mass is 16.6. The van der Waals surface area contributed by atoms with Crippen molar-refractivity contribution in [1.29, 1.82) is 0 Å². The second kappa shape index (κ2) is 7.73. The summed E-state index contributed by atoms with van der Waals surface area (Å²) in [5.74, 6) is 3.19. The minimum atomic E-state index is -0.188. The lowest BCUT2D eigenvalue weighted by Gasteiger charge is -2.61. The number of esters is 1. The van der Waals surface area contributed by atoms with Gasteiger partial charge in [0.1, 0.15) is 5.60 Å². The van der Waals surface area contributed by atoms with Gasteiger partial charge < -0.3 is 4.74 Å². The van der Waals surface area contributed by atoms with Crippen LogP contribution in [0.2, 0.25) is 0 Å². The molecule has 3 saturated carbocycles. The quantitative estimate of drug-likeness (QED) is 0.359. The Labute approximate surface area is 188 Å².